The van der Waals surface area contributed by atoms with Crippen molar-refractivity contribution < 1.29 is 43.2 Å². The van der Waals surface area contributed by atoms with Crippen LogP contribution in [0.5, 0.6) is 0 Å². The maximum Gasteiger partial charge on any atom is 0.408 e. The molecule has 0 bridgehead atoms. The van der Waals surface area contributed by atoms with Crippen molar-refractivity contribution >= 4 is 17.8 Å². The van der Waals surface area contributed by atoms with Crippen LogP contribution in [0.2, 0.25) is 0 Å². The molecule has 4 fully saturated rings. The number of nitrogens with one attached hydrogen (secondary N) is 2. The molecule has 5 unspecified atom stereocenters. The number of hydrogen-bond donors (Lipinski definition) is 3. The van der Waals surface area contributed by atoms with E-state index in [1.807, 2.05) is 39.8 Å². The number of carbonyl (C=O) groups excluding carboxylic acids is 3. The van der Waals surface area contributed by atoms with Crippen LogP contribution in [0.4, 0.5) is 4.79 Å². The van der Waals surface area contributed by atoms with Crippen molar-refractivity contribution in [1.82, 2.24) is 20.4 Å². The minimum absolute atomic E-state index is 0.0316. The molecule has 3 N–H and O–H groups in total. The minimum Gasteiger partial charge on any atom is -0.458 e. The maximum atomic E-state index is 14.2. The third-order valence-corrected chi connectivity index (χ3v) is 11.4. The van der Waals surface area contributed by atoms with Gasteiger partial charge in [-0.3, -0.25) is 9.59 Å². The third kappa shape index (κ3) is 8.35. The molecule has 13 nitrogen and oxygen atoms in total. The van der Waals surface area contributed by atoms with Gasteiger partial charge in [-0.15, -0.1) is 0 Å². The van der Waals surface area contributed by atoms with E-state index >= 15 is 0 Å². The number of methoxy groups -OCH3 is 1. The second-order valence-corrected chi connectivity index (χ2v) is 15.6. The number of esters is 1. The number of carbonyl (C=O) groups is 3. The van der Waals surface area contributed by atoms with Crippen LogP contribution in [-0.2, 0) is 33.3 Å². The number of hydrogen-bond acceptors (Lipinski definition) is 12. The van der Waals surface area contributed by atoms with Crippen LogP contribution >= 0.6 is 0 Å². The first-order valence-corrected chi connectivity index (χ1v) is 17.8. The van der Waals surface area contributed by atoms with Crippen LogP contribution < -0.4 is 10.6 Å². The number of aliphatic hydroxyl groups is 1. The minimum atomic E-state index is -1.15. The number of cyclic esters (lactones) is 1. The first-order valence-electron chi connectivity index (χ1n) is 17.8. The highest BCUT2D eigenvalue weighted by atomic mass is 16.7. The molecule has 0 spiro atoms. The Morgan fingerprint density at radius 1 is 1.06 bits per heavy atom. The second kappa shape index (κ2) is 15.6. The zero-order valence-corrected chi connectivity index (χ0v) is 31.0. The summed E-state index contributed by atoms with van der Waals surface area (Å²) >= 11 is 0. The van der Waals surface area contributed by atoms with E-state index in [9.17, 15) is 19.5 Å². The van der Waals surface area contributed by atoms with Gasteiger partial charge in [-0.1, -0.05) is 20.8 Å². The normalized spacial score (nSPS) is 43.6. The van der Waals surface area contributed by atoms with Gasteiger partial charge in [-0.25, -0.2) is 4.79 Å². The highest BCUT2D eigenvalue weighted by Crippen LogP contribution is 2.38. The van der Waals surface area contributed by atoms with E-state index in [2.05, 4.69) is 29.5 Å². The summed E-state index contributed by atoms with van der Waals surface area (Å²) in [4.78, 5) is 44.7. The largest absolute Gasteiger partial charge is 0.458 e. The van der Waals surface area contributed by atoms with Gasteiger partial charge in [0.15, 0.2) is 17.7 Å². The Hall–Kier alpha value is -1.87. The van der Waals surface area contributed by atoms with E-state index in [1.54, 1.807) is 21.0 Å². The maximum absolute atomic E-state index is 14.2. The highest BCUT2D eigenvalue weighted by molar-refractivity contribution is 6.00. The number of ether oxygens (including phenoxy) is 5. The summed E-state index contributed by atoms with van der Waals surface area (Å²) in [5, 5.41) is 18.1. The van der Waals surface area contributed by atoms with Crippen molar-refractivity contribution in [2.75, 3.05) is 41.3 Å². The van der Waals surface area contributed by atoms with E-state index < -0.39 is 65.7 Å². The van der Waals surface area contributed by atoms with E-state index in [1.165, 1.54) is 19.8 Å². The molecule has 4 rings (SSSR count). The summed E-state index contributed by atoms with van der Waals surface area (Å²) in [7, 11) is 7.57. The summed E-state index contributed by atoms with van der Waals surface area (Å²) in [6.07, 6.45) is -0.595. The van der Waals surface area contributed by atoms with Crippen molar-refractivity contribution in [2.45, 2.75) is 147 Å². The predicted octanol–water partition coefficient (Wildman–Crippen LogP) is 2.33. The molecule has 13 atom stereocenters. The van der Waals surface area contributed by atoms with E-state index in [-0.39, 0.29) is 29.9 Å². The van der Waals surface area contributed by atoms with Gasteiger partial charge >= 0.3 is 12.1 Å². The number of Topliss-reactive ketones (excluding diaryl/α,β-unsaturated/α-hetero) is 1. The molecular formula is C35H62N4O9. The molecular weight excluding hydrogens is 620 g/mol. The van der Waals surface area contributed by atoms with Crippen LogP contribution in [-0.4, -0.2) is 140 Å². The molecule has 48 heavy (non-hydrogen) atoms. The fourth-order valence-corrected chi connectivity index (χ4v) is 8.13. The summed E-state index contributed by atoms with van der Waals surface area (Å²) in [6, 6.07) is -0.403. The number of rotatable bonds is 8. The van der Waals surface area contributed by atoms with Gasteiger partial charge < -0.3 is 49.2 Å². The predicted molar refractivity (Wildman–Crippen MR) is 179 cm³/mol. The SMILES string of the molecule is CC[C@H]1OC(=O)C(C)C(=O)[C@H](C)[C@@H](OC2OC(CN(C)C3CC3)CC(N(C)C)C2O)[C@](C)(OC)C[C@@H](C)CN[C@H](C)[C@H]2NC(=O)O[C@@]21C. The number of nitrogens with zero attached hydrogens (tertiary/aromatic N) is 2. The summed E-state index contributed by atoms with van der Waals surface area (Å²) in [5.41, 5.74) is -2.16. The molecule has 13 heteroatoms. The lowest BCUT2D eigenvalue weighted by Gasteiger charge is -2.47. The topological polar surface area (TPSA) is 148 Å². The zero-order chi connectivity index (χ0) is 35.7. The molecule has 3 heterocycles. The van der Waals surface area contributed by atoms with Crippen molar-refractivity contribution in [3.63, 3.8) is 0 Å². The first kappa shape index (κ1) is 38.9. The Balaban J connectivity index is 1.68. The van der Waals surface area contributed by atoms with E-state index in [0.717, 1.165) is 0 Å². The van der Waals surface area contributed by atoms with Crippen LogP contribution in [0.3, 0.4) is 0 Å². The Bertz CT molecular complexity index is 1140. The molecule has 0 aromatic carbocycles. The third-order valence-electron chi connectivity index (χ3n) is 11.4. The van der Waals surface area contributed by atoms with Crippen molar-refractivity contribution in [3.8, 4) is 0 Å². The Morgan fingerprint density at radius 2 is 1.73 bits per heavy atom. The van der Waals surface area contributed by atoms with Gasteiger partial charge in [-0.2, -0.15) is 0 Å². The van der Waals surface area contributed by atoms with Crippen LogP contribution in [0.1, 0.15) is 80.6 Å². The van der Waals surface area contributed by atoms with Crippen molar-refractivity contribution in [3.05, 3.63) is 0 Å². The van der Waals surface area contributed by atoms with Crippen LogP contribution in [0.25, 0.3) is 0 Å². The molecule has 0 aromatic heterocycles. The summed E-state index contributed by atoms with van der Waals surface area (Å²) in [5.74, 6) is -3.02. The second-order valence-electron chi connectivity index (χ2n) is 15.6. The lowest BCUT2D eigenvalue weighted by molar-refractivity contribution is -0.298. The summed E-state index contributed by atoms with van der Waals surface area (Å²) < 4.78 is 31.2. The number of likely N-dealkylation sites (N-methyl/N-ethyl adjacent to an activating group) is 2. The monoisotopic (exact) mass is 682 g/mol. The molecule has 1 aliphatic carbocycles. The highest BCUT2D eigenvalue weighted by Gasteiger charge is 2.55. The molecule has 1 saturated carbocycles. The average Bonchev–Trinajstić information content (AvgIpc) is 3.84. The van der Waals surface area contributed by atoms with Gasteiger partial charge in [0.1, 0.15) is 18.1 Å². The summed E-state index contributed by atoms with van der Waals surface area (Å²) in [6.45, 7) is 14.1. The fraction of sp³-hybridized carbons (Fsp3) is 0.914. The molecule has 1 amide bonds. The zero-order valence-electron chi connectivity index (χ0n) is 31.0. The van der Waals surface area contributed by atoms with Gasteiger partial charge in [0.2, 0.25) is 0 Å². The van der Waals surface area contributed by atoms with Crippen molar-refractivity contribution in [2.24, 2.45) is 17.8 Å². The fourth-order valence-electron chi connectivity index (χ4n) is 8.13. The number of alkyl carbamates (subject to hydrolysis) is 1. The molecule has 0 aromatic rings. The Kier molecular flexibility index (Phi) is 12.6. The quantitative estimate of drug-likeness (QED) is 0.255. The Morgan fingerprint density at radius 3 is 2.31 bits per heavy atom. The lowest BCUT2D eigenvalue weighted by atomic mass is 9.78. The molecule has 0 radical (unpaired) electrons. The molecule has 4 aliphatic rings. The number of ketones is 1. The molecule has 3 saturated heterocycles. The van der Waals surface area contributed by atoms with Gasteiger partial charge in [0, 0.05) is 37.7 Å². The van der Waals surface area contributed by atoms with Crippen LogP contribution in [0, 0.1) is 17.8 Å². The van der Waals surface area contributed by atoms with Crippen molar-refractivity contribution in [1.29, 1.82) is 0 Å². The molecule has 3 aliphatic heterocycles. The van der Waals surface area contributed by atoms with Crippen LogP contribution in [0.15, 0.2) is 0 Å². The van der Waals surface area contributed by atoms with Gasteiger partial charge in [-0.05, 0) is 93.4 Å². The van der Waals surface area contributed by atoms with E-state index in [0.29, 0.717) is 38.4 Å². The Labute approximate surface area is 287 Å². The molecule has 276 valence electrons. The number of fused-ring (bicyclic) bond motifs is 1. The number of amides is 1. The number of aliphatic hydroxyl groups excluding tert-OH is 1. The first-order chi connectivity index (χ1) is 22.4. The lowest BCUT2D eigenvalue weighted by Crippen LogP contribution is -2.60. The average molecular weight is 683 g/mol. The smallest absolute Gasteiger partial charge is 0.408 e. The standard InChI is InChI=1S/C35H62N4O9/c1-12-26-35(7)29(37-33(43)48-35)22(5)36-17-19(2)16-34(6,44-11)30(20(3)27(40)21(4)31(42)46-26)47-32-28(41)25(38(8)9)15-24(45-32)18-39(10)23-13-14-23/h19-26,28-30,32,36,41H,12-18H2,1-11H3,(H,37,43)/t19-,20+,21?,22-,24?,25?,26-,28?,29-,30-,32?,34-,35-/m1/s1. The van der Waals surface area contributed by atoms with E-state index in [4.69, 9.17) is 23.7 Å². The van der Waals surface area contributed by atoms with Gasteiger partial charge in [0.05, 0.1) is 23.9 Å². The van der Waals surface area contributed by atoms with Gasteiger partial charge in [0.25, 0.3) is 0 Å².